The number of primary amides is 1. The zero-order valence-corrected chi connectivity index (χ0v) is 11.5. The molecular weight excluding hydrogens is 249 g/mol. The number of rotatable bonds is 7. The number of anilines is 2. The minimum atomic E-state index is -0.678. The number of amides is 1. The van der Waals surface area contributed by atoms with Crippen molar-refractivity contribution in [2.24, 2.45) is 5.73 Å². The summed E-state index contributed by atoms with van der Waals surface area (Å²) in [6.07, 6.45) is 2.08. The Morgan fingerprint density at radius 1 is 1.53 bits per heavy atom. The predicted molar refractivity (Wildman–Crippen MR) is 72.3 cm³/mol. The van der Waals surface area contributed by atoms with Gasteiger partial charge in [-0.1, -0.05) is 6.92 Å². The lowest BCUT2D eigenvalue weighted by Gasteiger charge is -2.25. The summed E-state index contributed by atoms with van der Waals surface area (Å²) in [5.41, 5.74) is 4.47. The first-order valence-corrected chi connectivity index (χ1v) is 6.17. The summed E-state index contributed by atoms with van der Waals surface area (Å²) >= 11 is 0. The summed E-state index contributed by atoms with van der Waals surface area (Å²) in [5, 5.41) is 5.84. The monoisotopic (exact) mass is 269 g/mol. The first-order valence-electron chi connectivity index (χ1n) is 6.17. The standard InChI is InChI=1S/C12H20FN5O/c1-4-5-15-11-16-7-8(13)10(17-11)18-12(2,3)6-9(14)19/h7H,4-6H2,1-3H3,(H2,14,19)(H2,15,16,17,18). The Kier molecular flexibility index (Phi) is 5.02. The molecule has 0 saturated heterocycles. The quantitative estimate of drug-likeness (QED) is 0.697. The Labute approximate surface area is 112 Å². The molecule has 0 atom stereocenters. The molecule has 1 amide bonds. The van der Waals surface area contributed by atoms with Crippen LogP contribution in [0.1, 0.15) is 33.6 Å². The van der Waals surface area contributed by atoms with Gasteiger partial charge in [-0.3, -0.25) is 4.79 Å². The molecule has 0 aliphatic heterocycles. The molecule has 0 bridgehead atoms. The molecule has 0 aliphatic rings. The highest BCUT2D eigenvalue weighted by molar-refractivity contribution is 5.75. The lowest BCUT2D eigenvalue weighted by Crippen LogP contribution is -2.36. The van der Waals surface area contributed by atoms with Gasteiger partial charge in [-0.25, -0.2) is 9.37 Å². The summed E-state index contributed by atoms with van der Waals surface area (Å²) in [5.74, 6) is -0.628. The maximum absolute atomic E-state index is 13.6. The van der Waals surface area contributed by atoms with Crippen LogP contribution < -0.4 is 16.4 Å². The third-order valence-corrected chi connectivity index (χ3v) is 2.35. The number of nitrogens with one attached hydrogen (secondary N) is 2. The molecule has 1 rings (SSSR count). The first-order chi connectivity index (χ1) is 8.84. The van der Waals surface area contributed by atoms with Crippen molar-refractivity contribution in [3.8, 4) is 0 Å². The fourth-order valence-electron chi connectivity index (χ4n) is 1.58. The van der Waals surface area contributed by atoms with Crippen LogP contribution in [-0.2, 0) is 4.79 Å². The molecule has 0 saturated carbocycles. The zero-order chi connectivity index (χ0) is 14.5. The average molecular weight is 269 g/mol. The summed E-state index contributed by atoms with van der Waals surface area (Å²) in [6, 6.07) is 0. The second-order valence-electron chi connectivity index (χ2n) is 4.97. The molecule has 1 aromatic heterocycles. The van der Waals surface area contributed by atoms with Crippen molar-refractivity contribution in [2.75, 3.05) is 17.2 Å². The fraction of sp³-hybridized carbons (Fsp3) is 0.583. The van der Waals surface area contributed by atoms with Gasteiger partial charge in [0.1, 0.15) is 0 Å². The smallest absolute Gasteiger partial charge is 0.224 e. The van der Waals surface area contributed by atoms with Crippen molar-refractivity contribution in [2.45, 2.75) is 39.2 Å². The lowest BCUT2D eigenvalue weighted by molar-refractivity contribution is -0.118. The van der Waals surface area contributed by atoms with Gasteiger partial charge in [-0.15, -0.1) is 0 Å². The van der Waals surface area contributed by atoms with E-state index in [-0.39, 0.29) is 12.2 Å². The maximum atomic E-state index is 13.6. The van der Waals surface area contributed by atoms with Crippen LogP contribution >= 0.6 is 0 Å². The minimum absolute atomic E-state index is 0.0554. The molecule has 7 heteroatoms. The number of hydrogen-bond donors (Lipinski definition) is 3. The number of hydrogen-bond acceptors (Lipinski definition) is 5. The number of aromatic nitrogens is 2. The van der Waals surface area contributed by atoms with Gasteiger partial charge >= 0.3 is 0 Å². The third kappa shape index (κ3) is 5.07. The van der Waals surface area contributed by atoms with Crippen molar-refractivity contribution >= 4 is 17.7 Å². The van der Waals surface area contributed by atoms with Gasteiger partial charge in [0.05, 0.1) is 6.20 Å². The summed E-state index contributed by atoms with van der Waals surface area (Å²) < 4.78 is 13.6. The van der Waals surface area contributed by atoms with Crippen LogP contribution in [0.5, 0.6) is 0 Å². The van der Waals surface area contributed by atoms with Gasteiger partial charge < -0.3 is 16.4 Å². The zero-order valence-electron chi connectivity index (χ0n) is 11.5. The Bertz CT molecular complexity index is 450. The van der Waals surface area contributed by atoms with Crippen molar-refractivity contribution < 1.29 is 9.18 Å². The molecule has 0 unspecified atom stereocenters. The highest BCUT2D eigenvalue weighted by Crippen LogP contribution is 2.19. The Morgan fingerprint density at radius 3 is 2.79 bits per heavy atom. The molecule has 19 heavy (non-hydrogen) atoms. The van der Waals surface area contributed by atoms with Crippen molar-refractivity contribution in [3.63, 3.8) is 0 Å². The fourth-order valence-corrected chi connectivity index (χ4v) is 1.58. The van der Waals surface area contributed by atoms with E-state index in [9.17, 15) is 9.18 Å². The highest BCUT2D eigenvalue weighted by Gasteiger charge is 2.22. The van der Waals surface area contributed by atoms with Crippen LogP contribution in [0.4, 0.5) is 16.2 Å². The van der Waals surface area contributed by atoms with Crippen molar-refractivity contribution in [3.05, 3.63) is 12.0 Å². The highest BCUT2D eigenvalue weighted by atomic mass is 19.1. The van der Waals surface area contributed by atoms with E-state index >= 15 is 0 Å². The molecule has 1 aromatic rings. The van der Waals surface area contributed by atoms with E-state index in [0.29, 0.717) is 12.5 Å². The molecular formula is C12H20FN5O. The van der Waals surface area contributed by atoms with Crippen LogP contribution in [-0.4, -0.2) is 28.0 Å². The Morgan fingerprint density at radius 2 is 2.21 bits per heavy atom. The van der Waals surface area contributed by atoms with E-state index in [4.69, 9.17) is 5.73 Å². The molecule has 0 spiro atoms. The third-order valence-electron chi connectivity index (χ3n) is 2.35. The van der Waals surface area contributed by atoms with Gasteiger partial charge in [-0.2, -0.15) is 4.98 Å². The van der Waals surface area contributed by atoms with Crippen molar-refractivity contribution in [1.82, 2.24) is 9.97 Å². The summed E-state index contributed by atoms with van der Waals surface area (Å²) in [7, 11) is 0. The Hall–Kier alpha value is -1.92. The normalized spacial score (nSPS) is 11.2. The van der Waals surface area contributed by atoms with E-state index in [1.165, 1.54) is 0 Å². The molecule has 0 radical (unpaired) electrons. The lowest BCUT2D eigenvalue weighted by atomic mass is 10.0. The first kappa shape index (κ1) is 15.1. The largest absolute Gasteiger partial charge is 0.370 e. The van der Waals surface area contributed by atoms with E-state index in [1.807, 2.05) is 6.92 Å². The summed E-state index contributed by atoms with van der Waals surface area (Å²) in [6.45, 7) is 6.21. The molecule has 4 N–H and O–H groups in total. The second kappa shape index (κ2) is 6.31. The number of carbonyl (C=O) groups excluding carboxylic acids is 1. The van der Waals surface area contributed by atoms with Gasteiger partial charge in [0.2, 0.25) is 11.9 Å². The van der Waals surface area contributed by atoms with E-state index < -0.39 is 17.3 Å². The van der Waals surface area contributed by atoms with Crippen LogP contribution in [0.25, 0.3) is 0 Å². The van der Waals surface area contributed by atoms with Gasteiger partial charge in [-0.05, 0) is 20.3 Å². The van der Waals surface area contributed by atoms with E-state index in [0.717, 1.165) is 12.6 Å². The Balaban J connectivity index is 2.84. The van der Waals surface area contributed by atoms with Crippen LogP contribution in [0.3, 0.4) is 0 Å². The van der Waals surface area contributed by atoms with Gasteiger partial charge in [0.25, 0.3) is 0 Å². The minimum Gasteiger partial charge on any atom is -0.370 e. The molecule has 1 heterocycles. The molecule has 0 fully saturated rings. The molecule has 6 nitrogen and oxygen atoms in total. The molecule has 106 valence electrons. The van der Waals surface area contributed by atoms with Gasteiger partial charge in [0.15, 0.2) is 11.6 Å². The maximum Gasteiger partial charge on any atom is 0.224 e. The van der Waals surface area contributed by atoms with E-state index in [2.05, 4.69) is 20.6 Å². The number of nitrogens with two attached hydrogens (primary N) is 1. The topological polar surface area (TPSA) is 92.9 Å². The number of carbonyl (C=O) groups is 1. The van der Waals surface area contributed by atoms with Crippen molar-refractivity contribution in [1.29, 1.82) is 0 Å². The van der Waals surface area contributed by atoms with E-state index in [1.54, 1.807) is 13.8 Å². The second-order valence-corrected chi connectivity index (χ2v) is 4.97. The van der Waals surface area contributed by atoms with Crippen LogP contribution in [0, 0.1) is 5.82 Å². The predicted octanol–water partition coefficient (Wildman–Crippen LogP) is 1.50. The van der Waals surface area contributed by atoms with Crippen LogP contribution in [0.2, 0.25) is 0 Å². The molecule has 0 aromatic carbocycles. The molecule has 0 aliphatic carbocycles. The summed E-state index contributed by atoms with van der Waals surface area (Å²) in [4.78, 5) is 18.8. The van der Waals surface area contributed by atoms with Crippen LogP contribution in [0.15, 0.2) is 6.20 Å². The SMILES string of the molecule is CCCNc1ncc(F)c(NC(C)(C)CC(N)=O)n1. The van der Waals surface area contributed by atoms with Gasteiger partial charge in [0, 0.05) is 18.5 Å². The number of nitrogens with zero attached hydrogens (tertiary/aromatic N) is 2. The number of halogens is 1. The average Bonchev–Trinajstić information content (AvgIpc) is 2.28.